The van der Waals surface area contributed by atoms with Crippen molar-refractivity contribution in [3.05, 3.63) is 0 Å². The van der Waals surface area contributed by atoms with Gasteiger partial charge in [-0.2, -0.15) is 0 Å². The van der Waals surface area contributed by atoms with Gasteiger partial charge in [0.1, 0.15) is 0 Å². The largest absolute Gasteiger partial charge is 0.324 e. The molecule has 1 aliphatic heterocycles. The first-order valence-electron chi connectivity index (χ1n) is 3.18. The molecular formula is C6H14Cl2N2. The average molecular weight is 185 g/mol. The lowest BCUT2D eigenvalue weighted by atomic mass is 10.3. The van der Waals surface area contributed by atoms with E-state index in [2.05, 4.69) is 11.9 Å². The Morgan fingerprint density at radius 3 is 2.30 bits per heavy atom. The lowest BCUT2D eigenvalue weighted by Gasteiger charge is -2.10. The highest BCUT2D eigenvalue weighted by molar-refractivity contribution is 5.85. The Kier molecular flexibility index (Phi) is 3.00. The summed E-state index contributed by atoms with van der Waals surface area (Å²) in [5.41, 5.74) is 6.16. The molecule has 0 amide bonds. The molecule has 4 heteroatoms. The van der Waals surface area contributed by atoms with Gasteiger partial charge in [0.05, 0.1) is 0 Å². The fraction of sp³-hybridized carbons (Fsp3) is 1.00. The lowest BCUT2D eigenvalue weighted by Crippen LogP contribution is -2.30. The van der Waals surface area contributed by atoms with Crippen LogP contribution in [0.1, 0.15) is 6.42 Å². The van der Waals surface area contributed by atoms with E-state index in [4.69, 9.17) is 5.73 Å². The maximum atomic E-state index is 5.90. The molecule has 1 saturated heterocycles. The van der Waals surface area contributed by atoms with Crippen molar-refractivity contribution in [3.63, 3.8) is 0 Å². The molecular weight excluding hydrogens is 171 g/mol. The number of piperidine rings is 1. The molecule has 0 aromatic heterocycles. The summed E-state index contributed by atoms with van der Waals surface area (Å²) in [6, 6.07) is 0. The normalized spacial score (nSPS) is 43.2. The number of fused-ring (bicyclic) bond motifs is 1. The molecule has 2 aliphatic rings. The fourth-order valence-corrected chi connectivity index (χ4v) is 1.78. The third-order valence-electron chi connectivity index (χ3n) is 2.38. The zero-order chi connectivity index (χ0) is 5.78. The van der Waals surface area contributed by atoms with Crippen LogP contribution in [0.3, 0.4) is 0 Å². The Morgan fingerprint density at radius 2 is 2.10 bits per heavy atom. The molecule has 2 N–H and O–H groups in total. The zero-order valence-corrected chi connectivity index (χ0v) is 7.67. The van der Waals surface area contributed by atoms with Crippen LogP contribution in [0.15, 0.2) is 0 Å². The van der Waals surface area contributed by atoms with Gasteiger partial charge in [0, 0.05) is 18.6 Å². The number of rotatable bonds is 0. The zero-order valence-electron chi connectivity index (χ0n) is 6.04. The molecule has 0 bridgehead atoms. The van der Waals surface area contributed by atoms with Crippen LogP contribution < -0.4 is 5.73 Å². The molecule has 1 saturated carbocycles. The smallest absolute Gasteiger partial charge is 0.0328 e. The van der Waals surface area contributed by atoms with Gasteiger partial charge in [-0.3, -0.25) is 0 Å². The third-order valence-corrected chi connectivity index (χ3v) is 2.38. The molecule has 0 aromatic carbocycles. The molecule has 2 unspecified atom stereocenters. The fourth-order valence-electron chi connectivity index (χ4n) is 1.78. The van der Waals surface area contributed by atoms with Crippen LogP contribution >= 0.6 is 24.8 Å². The van der Waals surface area contributed by atoms with E-state index in [0.29, 0.717) is 0 Å². The van der Waals surface area contributed by atoms with Gasteiger partial charge in [-0.05, 0) is 19.4 Å². The SMILES string of the molecule is CN1CC2CC2(N)C1.Cl.Cl. The number of hydrogen-bond donors (Lipinski definition) is 1. The first-order chi connectivity index (χ1) is 3.71. The van der Waals surface area contributed by atoms with Gasteiger partial charge < -0.3 is 10.6 Å². The summed E-state index contributed by atoms with van der Waals surface area (Å²) < 4.78 is 0. The molecule has 2 atom stereocenters. The second-order valence-corrected chi connectivity index (χ2v) is 3.33. The van der Waals surface area contributed by atoms with E-state index in [-0.39, 0.29) is 30.4 Å². The Morgan fingerprint density at radius 1 is 1.50 bits per heavy atom. The van der Waals surface area contributed by atoms with E-state index < -0.39 is 0 Å². The molecule has 2 fully saturated rings. The number of nitrogens with zero attached hydrogens (tertiary/aromatic N) is 1. The highest BCUT2D eigenvalue weighted by Gasteiger charge is 2.56. The number of likely N-dealkylation sites (N-methyl/N-ethyl adjacent to an activating group) is 1. The van der Waals surface area contributed by atoms with E-state index in [1.54, 1.807) is 0 Å². The van der Waals surface area contributed by atoms with Gasteiger partial charge in [-0.25, -0.2) is 0 Å². The van der Waals surface area contributed by atoms with Crippen molar-refractivity contribution in [1.82, 2.24) is 4.90 Å². The minimum Gasteiger partial charge on any atom is -0.324 e. The molecule has 62 valence electrons. The predicted octanol–water partition coefficient (Wildman–Crippen LogP) is 0.493. The van der Waals surface area contributed by atoms with Crippen LogP contribution in [-0.2, 0) is 0 Å². The molecule has 1 aliphatic carbocycles. The van der Waals surface area contributed by atoms with Gasteiger partial charge >= 0.3 is 0 Å². The van der Waals surface area contributed by atoms with E-state index >= 15 is 0 Å². The third kappa shape index (κ3) is 1.40. The summed E-state index contributed by atoms with van der Waals surface area (Å²) in [7, 11) is 2.14. The van der Waals surface area contributed by atoms with Crippen molar-refractivity contribution in [2.45, 2.75) is 12.0 Å². The maximum absolute atomic E-state index is 5.90. The second-order valence-electron chi connectivity index (χ2n) is 3.33. The van der Waals surface area contributed by atoms with Crippen molar-refractivity contribution >= 4 is 24.8 Å². The molecule has 2 rings (SSSR count). The number of likely N-dealkylation sites (tertiary alicyclic amines) is 1. The summed E-state index contributed by atoms with van der Waals surface area (Å²) in [4.78, 5) is 2.31. The summed E-state index contributed by atoms with van der Waals surface area (Å²) >= 11 is 0. The van der Waals surface area contributed by atoms with Crippen LogP contribution in [0.2, 0.25) is 0 Å². The van der Waals surface area contributed by atoms with Crippen LogP contribution in [0, 0.1) is 5.92 Å². The van der Waals surface area contributed by atoms with Gasteiger partial charge in [-0.1, -0.05) is 0 Å². The van der Waals surface area contributed by atoms with Crippen molar-refractivity contribution < 1.29 is 0 Å². The quantitative estimate of drug-likeness (QED) is 0.595. The van der Waals surface area contributed by atoms with Gasteiger partial charge in [0.15, 0.2) is 0 Å². The van der Waals surface area contributed by atoms with Gasteiger partial charge in [0.25, 0.3) is 0 Å². The van der Waals surface area contributed by atoms with Gasteiger partial charge in [-0.15, -0.1) is 24.8 Å². The number of hydrogen-bond acceptors (Lipinski definition) is 2. The topological polar surface area (TPSA) is 29.3 Å². The molecule has 2 nitrogen and oxygen atoms in total. The van der Waals surface area contributed by atoms with Crippen LogP contribution in [-0.4, -0.2) is 30.6 Å². The highest BCUT2D eigenvalue weighted by Crippen LogP contribution is 2.46. The summed E-state index contributed by atoms with van der Waals surface area (Å²) in [6.45, 7) is 2.36. The second kappa shape index (κ2) is 2.86. The number of halogens is 2. The Balaban J connectivity index is 0.000000405. The molecule has 0 spiro atoms. The monoisotopic (exact) mass is 184 g/mol. The van der Waals surface area contributed by atoms with Crippen LogP contribution in [0.25, 0.3) is 0 Å². The standard InChI is InChI=1S/C6H12N2.2ClH/c1-8-3-5-2-6(5,7)4-8;;/h5H,2-4,7H2,1H3;2*1H. The van der Waals surface area contributed by atoms with E-state index in [9.17, 15) is 0 Å². The van der Waals surface area contributed by atoms with Crippen LogP contribution in [0.4, 0.5) is 0 Å². The predicted molar refractivity (Wildman–Crippen MR) is 47.0 cm³/mol. The molecule has 1 heterocycles. The van der Waals surface area contributed by atoms with Crippen molar-refractivity contribution in [2.75, 3.05) is 20.1 Å². The summed E-state index contributed by atoms with van der Waals surface area (Å²) in [5.74, 6) is 0.840. The minimum absolute atomic E-state index is 0. The Labute approximate surface area is 74.0 Å². The average Bonchev–Trinajstić information content (AvgIpc) is 2.07. The minimum atomic E-state index is 0. The van der Waals surface area contributed by atoms with Crippen molar-refractivity contribution in [2.24, 2.45) is 11.7 Å². The van der Waals surface area contributed by atoms with E-state index in [1.807, 2.05) is 0 Å². The van der Waals surface area contributed by atoms with E-state index in [1.165, 1.54) is 13.0 Å². The Hall–Kier alpha value is 0.500. The van der Waals surface area contributed by atoms with Crippen LogP contribution in [0.5, 0.6) is 0 Å². The highest BCUT2D eigenvalue weighted by atomic mass is 35.5. The van der Waals surface area contributed by atoms with Gasteiger partial charge in [0.2, 0.25) is 0 Å². The summed E-state index contributed by atoms with van der Waals surface area (Å²) in [5, 5.41) is 0. The lowest BCUT2D eigenvalue weighted by molar-refractivity contribution is 0.363. The summed E-state index contributed by atoms with van der Waals surface area (Å²) in [6.07, 6.45) is 1.28. The van der Waals surface area contributed by atoms with Crippen molar-refractivity contribution in [3.8, 4) is 0 Å². The number of nitrogens with two attached hydrogens (primary N) is 1. The maximum Gasteiger partial charge on any atom is 0.0328 e. The first-order valence-corrected chi connectivity index (χ1v) is 3.18. The Bertz CT molecular complexity index is 131. The molecule has 10 heavy (non-hydrogen) atoms. The first kappa shape index (κ1) is 10.5. The van der Waals surface area contributed by atoms with E-state index in [0.717, 1.165) is 12.5 Å². The molecule has 0 radical (unpaired) electrons. The molecule has 0 aromatic rings. The van der Waals surface area contributed by atoms with Crippen molar-refractivity contribution in [1.29, 1.82) is 0 Å².